The van der Waals surface area contributed by atoms with Crippen molar-refractivity contribution in [3.63, 3.8) is 0 Å². The molecule has 2 aromatic rings. The number of hydrogen-bond donors (Lipinski definition) is 2. The van der Waals surface area contributed by atoms with Crippen LogP contribution >= 0.6 is 11.3 Å². The molecule has 146 valence electrons. The van der Waals surface area contributed by atoms with E-state index in [-0.39, 0.29) is 6.04 Å². The molecular formula is C19H25N3O4S. The van der Waals surface area contributed by atoms with Crippen LogP contribution in [0.2, 0.25) is 0 Å². The van der Waals surface area contributed by atoms with Gasteiger partial charge in [-0.3, -0.25) is 0 Å². The van der Waals surface area contributed by atoms with E-state index in [1.807, 2.05) is 6.07 Å². The Bertz CT molecular complexity index is 834. The normalized spacial score (nSPS) is 24.3. The Morgan fingerprint density at radius 2 is 2.15 bits per heavy atom. The number of fused-ring (bicyclic) bond motifs is 1. The van der Waals surface area contributed by atoms with E-state index < -0.39 is 12.1 Å². The Balaban J connectivity index is 1.78. The molecule has 3 heterocycles. The van der Waals surface area contributed by atoms with Crippen LogP contribution in [0.5, 0.6) is 5.75 Å². The Labute approximate surface area is 162 Å². The standard InChI is InChI=1S/C19H25N3O4S/c1-25-15-3-2-13(11-5-8-26-9-6-11)17-16(15)21-18(27-17)14-10-12(23)4-7-22(14)19(20)24/h2-3,11-12,14,23H,4-10H2,1H3,(H2,20,24). The van der Waals surface area contributed by atoms with Crippen molar-refractivity contribution < 1.29 is 19.4 Å². The summed E-state index contributed by atoms with van der Waals surface area (Å²) in [6.07, 6.45) is 2.53. The average molecular weight is 391 g/mol. The maximum Gasteiger partial charge on any atom is 0.315 e. The molecule has 0 bridgehead atoms. The Hall–Kier alpha value is -1.90. The SMILES string of the molecule is COc1ccc(C2CCOCC2)c2sc(C3CC(O)CCN3C(N)=O)nc12. The van der Waals surface area contributed by atoms with E-state index in [0.29, 0.717) is 25.3 Å². The molecule has 2 aliphatic rings. The highest BCUT2D eigenvalue weighted by atomic mass is 32.1. The first-order chi connectivity index (χ1) is 13.1. The minimum absolute atomic E-state index is 0.295. The smallest absolute Gasteiger partial charge is 0.315 e. The molecule has 2 unspecified atom stereocenters. The monoisotopic (exact) mass is 391 g/mol. The fourth-order valence-electron chi connectivity index (χ4n) is 4.10. The van der Waals surface area contributed by atoms with Crippen molar-refractivity contribution in [3.8, 4) is 5.75 Å². The predicted molar refractivity (Wildman–Crippen MR) is 103 cm³/mol. The van der Waals surface area contributed by atoms with E-state index in [2.05, 4.69) is 6.07 Å². The first-order valence-electron chi connectivity index (χ1n) is 9.37. The molecule has 2 saturated heterocycles. The number of methoxy groups -OCH3 is 1. The van der Waals surface area contributed by atoms with Gasteiger partial charge in [-0.1, -0.05) is 6.07 Å². The number of nitrogens with zero attached hydrogens (tertiary/aromatic N) is 2. The Morgan fingerprint density at radius 3 is 2.85 bits per heavy atom. The van der Waals surface area contributed by atoms with E-state index in [4.69, 9.17) is 20.2 Å². The average Bonchev–Trinajstić information content (AvgIpc) is 3.13. The lowest BCUT2D eigenvalue weighted by atomic mass is 9.91. The van der Waals surface area contributed by atoms with Gasteiger partial charge >= 0.3 is 6.03 Å². The van der Waals surface area contributed by atoms with Gasteiger partial charge < -0.3 is 25.2 Å². The summed E-state index contributed by atoms with van der Waals surface area (Å²) in [5.74, 6) is 1.16. The molecule has 2 fully saturated rings. The van der Waals surface area contributed by atoms with Crippen LogP contribution in [0.4, 0.5) is 4.79 Å². The molecule has 27 heavy (non-hydrogen) atoms. The number of aromatic nitrogens is 1. The summed E-state index contributed by atoms with van der Waals surface area (Å²) in [6.45, 7) is 1.99. The Kier molecular flexibility index (Phi) is 5.21. The van der Waals surface area contributed by atoms with Crippen molar-refractivity contribution >= 4 is 27.6 Å². The second kappa shape index (κ2) is 7.61. The molecule has 2 aliphatic heterocycles. The molecule has 2 amide bonds. The van der Waals surface area contributed by atoms with Gasteiger partial charge in [-0.15, -0.1) is 11.3 Å². The summed E-state index contributed by atoms with van der Waals surface area (Å²) in [7, 11) is 1.64. The number of likely N-dealkylation sites (tertiary alicyclic amines) is 1. The predicted octanol–water partition coefficient (Wildman–Crippen LogP) is 2.78. The highest BCUT2D eigenvalue weighted by Crippen LogP contribution is 2.42. The molecule has 8 heteroatoms. The van der Waals surface area contributed by atoms with Gasteiger partial charge in [0.25, 0.3) is 0 Å². The topological polar surface area (TPSA) is 97.9 Å². The number of urea groups is 1. The van der Waals surface area contributed by atoms with Crippen LogP contribution in [0.3, 0.4) is 0 Å². The van der Waals surface area contributed by atoms with Crippen molar-refractivity contribution in [2.24, 2.45) is 5.73 Å². The van der Waals surface area contributed by atoms with Crippen LogP contribution in [0.15, 0.2) is 12.1 Å². The highest BCUT2D eigenvalue weighted by Gasteiger charge is 2.34. The minimum atomic E-state index is -0.470. The molecule has 0 saturated carbocycles. The molecule has 0 aliphatic carbocycles. The lowest BCUT2D eigenvalue weighted by Crippen LogP contribution is -2.45. The van der Waals surface area contributed by atoms with Crippen molar-refractivity contribution in [1.82, 2.24) is 9.88 Å². The second-order valence-electron chi connectivity index (χ2n) is 7.20. The fraction of sp³-hybridized carbons (Fsp3) is 0.579. The van der Waals surface area contributed by atoms with Crippen molar-refractivity contribution in [3.05, 3.63) is 22.7 Å². The summed E-state index contributed by atoms with van der Waals surface area (Å²) in [5, 5.41) is 10.9. The number of thiazole rings is 1. The largest absolute Gasteiger partial charge is 0.494 e. The Morgan fingerprint density at radius 1 is 1.37 bits per heavy atom. The number of ether oxygens (including phenoxy) is 2. The number of carbonyl (C=O) groups excluding carboxylic acids is 1. The van der Waals surface area contributed by atoms with E-state index in [0.717, 1.165) is 47.0 Å². The minimum Gasteiger partial charge on any atom is -0.494 e. The summed E-state index contributed by atoms with van der Waals surface area (Å²) < 4.78 is 12.1. The van der Waals surface area contributed by atoms with Crippen LogP contribution in [0.1, 0.15) is 48.2 Å². The zero-order valence-corrected chi connectivity index (χ0v) is 16.2. The third kappa shape index (κ3) is 3.49. The lowest BCUT2D eigenvalue weighted by Gasteiger charge is -2.35. The van der Waals surface area contributed by atoms with E-state index in [9.17, 15) is 9.90 Å². The number of amides is 2. The van der Waals surface area contributed by atoms with Crippen LogP contribution in [-0.4, -0.2) is 54.0 Å². The van der Waals surface area contributed by atoms with Gasteiger partial charge in [0.05, 0.1) is 24.0 Å². The number of benzene rings is 1. The summed E-state index contributed by atoms with van der Waals surface area (Å²) in [6, 6.07) is 3.33. The quantitative estimate of drug-likeness (QED) is 0.838. The van der Waals surface area contributed by atoms with E-state index in [1.165, 1.54) is 5.56 Å². The van der Waals surface area contributed by atoms with Crippen LogP contribution in [0, 0.1) is 0 Å². The van der Waals surface area contributed by atoms with Gasteiger partial charge in [0.15, 0.2) is 0 Å². The molecule has 7 nitrogen and oxygen atoms in total. The van der Waals surface area contributed by atoms with Gasteiger partial charge in [-0.05, 0) is 36.8 Å². The molecule has 4 rings (SSSR count). The lowest BCUT2D eigenvalue weighted by molar-refractivity contribution is 0.0611. The number of primary amides is 1. The van der Waals surface area contributed by atoms with Crippen LogP contribution in [-0.2, 0) is 4.74 Å². The fourth-order valence-corrected chi connectivity index (χ4v) is 5.40. The van der Waals surface area contributed by atoms with Crippen LogP contribution in [0.25, 0.3) is 10.2 Å². The molecule has 2 atom stereocenters. The zero-order valence-electron chi connectivity index (χ0n) is 15.4. The van der Waals surface area contributed by atoms with E-state index in [1.54, 1.807) is 23.3 Å². The van der Waals surface area contributed by atoms with Crippen LogP contribution < -0.4 is 10.5 Å². The van der Waals surface area contributed by atoms with E-state index >= 15 is 0 Å². The van der Waals surface area contributed by atoms with Gasteiger partial charge in [0.2, 0.25) is 0 Å². The first kappa shape index (κ1) is 18.5. The number of rotatable bonds is 3. The molecular weight excluding hydrogens is 366 g/mol. The molecule has 3 N–H and O–H groups in total. The van der Waals surface area contributed by atoms with Gasteiger partial charge in [-0.2, -0.15) is 0 Å². The third-order valence-electron chi connectivity index (χ3n) is 5.58. The van der Waals surface area contributed by atoms with Gasteiger partial charge in [0.1, 0.15) is 16.3 Å². The first-order valence-corrected chi connectivity index (χ1v) is 10.2. The molecule has 1 aromatic carbocycles. The van der Waals surface area contributed by atoms with Crippen molar-refractivity contribution in [2.45, 2.75) is 43.7 Å². The number of piperidine rings is 1. The number of nitrogens with two attached hydrogens (primary N) is 1. The number of aliphatic hydroxyl groups is 1. The maximum absolute atomic E-state index is 11.9. The second-order valence-corrected chi connectivity index (χ2v) is 8.23. The number of hydrogen-bond acceptors (Lipinski definition) is 6. The highest BCUT2D eigenvalue weighted by molar-refractivity contribution is 7.18. The molecule has 0 radical (unpaired) electrons. The van der Waals surface area contributed by atoms with Crippen molar-refractivity contribution in [2.75, 3.05) is 26.9 Å². The molecule has 0 spiro atoms. The maximum atomic E-state index is 11.9. The van der Waals surface area contributed by atoms with Crippen molar-refractivity contribution in [1.29, 1.82) is 0 Å². The molecule has 1 aromatic heterocycles. The summed E-state index contributed by atoms with van der Waals surface area (Å²) >= 11 is 1.58. The van der Waals surface area contributed by atoms with Gasteiger partial charge in [-0.25, -0.2) is 9.78 Å². The zero-order chi connectivity index (χ0) is 19.0. The number of aliphatic hydroxyl groups excluding tert-OH is 1. The third-order valence-corrected chi connectivity index (χ3v) is 6.78. The summed E-state index contributed by atoms with van der Waals surface area (Å²) in [4.78, 5) is 18.3. The van der Waals surface area contributed by atoms with Gasteiger partial charge in [0, 0.05) is 26.2 Å². The summed E-state index contributed by atoms with van der Waals surface area (Å²) in [5.41, 5.74) is 7.67. The number of carbonyl (C=O) groups is 1.